The minimum Gasteiger partial charge on any atom is -0.352 e. The second-order valence-corrected chi connectivity index (χ2v) is 8.98. The first-order valence-corrected chi connectivity index (χ1v) is 11.1. The Labute approximate surface area is 158 Å². The van der Waals surface area contributed by atoms with Crippen LogP contribution in [0.15, 0.2) is 18.2 Å². The highest BCUT2D eigenvalue weighted by molar-refractivity contribution is 7.92. The number of anilines is 1. The molecule has 1 amide bonds. The van der Waals surface area contributed by atoms with Gasteiger partial charge in [0, 0.05) is 38.0 Å². The Balaban J connectivity index is 1.42. The van der Waals surface area contributed by atoms with Crippen LogP contribution in [0.5, 0.6) is 0 Å². The Bertz CT molecular complexity index is 983. The van der Waals surface area contributed by atoms with Crippen molar-refractivity contribution in [2.45, 2.75) is 38.6 Å². The highest BCUT2D eigenvalue weighted by Gasteiger charge is 2.24. The molecule has 0 saturated heterocycles. The summed E-state index contributed by atoms with van der Waals surface area (Å²) in [6, 6.07) is 5.22. The average molecular weight is 389 g/mol. The van der Waals surface area contributed by atoms with E-state index in [0.717, 1.165) is 49.4 Å². The molecule has 0 bridgehead atoms. The number of aryl methyl sites for hydroxylation is 2. The maximum atomic E-state index is 12.5. The van der Waals surface area contributed by atoms with E-state index in [1.807, 2.05) is 0 Å². The van der Waals surface area contributed by atoms with Gasteiger partial charge in [-0.15, -0.1) is 10.2 Å². The van der Waals surface area contributed by atoms with Crippen molar-refractivity contribution in [3.05, 3.63) is 41.0 Å². The standard InChI is InChI=1S/C18H23N5O3S/c1-27(25,26)23-11-2-4-13-12-14(6-7-15(13)23)18(24)19-9-8-17-21-20-16-5-3-10-22(16)17/h6-7,12H,2-5,8-11H2,1H3,(H,19,24). The van der Waals surface area contributed by atoms with Gasteiger partial charge in [0.05, 0.1) is 11.9 Å². The number of carbonyl (C=O) groups is 1. The monoisotopic (exact) mass is 389 g/mol. The lowest BCUT2D eigenvalue weighted by atomic mass is 10.0. The molecule has 8 nitrogen and oxygen atoms in total. The zero-order valence-electron chi connectivity index (χ0n) is 15.3. The second-order valence-electron chi connectivity index (χ2n) is 7.08. The van der Waals surface area contributed by atoms with E-state index in [2.05, 4.69) is 20.1 Å². The van der Waals surface area contributed by atoms with Gasteiger partial charge in [-0.3, -0.25) is 9.10 Å². The fraction of sp³-hybridized carbons (Fsp3) is 0.500. The molecular formula is C18H23N5O3S. The van der Waals surface area contributed by atoms with Crippen molar-refractivity contribution < 1.29 is 13.2 Å². The van der Waals surface area contributed by atoms with Crippen LogP contribution < -0.4 is 9.62 Å². The molecule has 27 heavy (non-hydrogen) atoms. The van der Waals surface area contributed by atoms with Crippen molar-refractivity contribution in [1.29, 1.82) is 0 Å². The van der Waals surface area contributed by atoms with Gasteiger partial charge in [-0.2, -0.15) is 0 Å². The number of sulfonamides is 1. The molecule has 2 aliphatic rings. The molecule has 2 aliphatic heterocycles. The number of hydrogen-bond acceptors (Lipinski definition) is 5. The maximum absolute atomic E-state index is 12.5. The predicted octanol–water partition coefficient (Wildman–Crippen LogP) is 0.909. The van der Waals surface area contributed by atoms with Gasteiger partial charge in [-0.1, -0.05) is 0 Å². The molecule has 0 aliphatic carbocycles. The highest BCUT2D eigenvalue weighted by Crippen LogP contribution is 2.29. The Kier molecular flexibility index (Phi) is 4.63. The summed E-state index contributed by atoms with van der Waals surface area (Å²) < 4.78 is 27.4. The lowest BCUT2D eigenvalue weighted by Gasteiger charge is -2.29. The number of hydrogen-bond donors (Lipinski definition) is 1. The number of rotatable bonds is 5. The molecule has 144 valence electrons. The number of fused-ring (bicyclic) bond motifs is 2. The quantitative estimate of drug-likeness (QED) is 0.820. The van der Waals surface area contributed by atoms with Crippen LogP contribution in [-0.4, -0.2) is 48.4 Å². The normalized spacial score (nSPS) is 16.1. The van der Waals surface area contributed by atoms with Gasteiger partial charge in [-0.05, 0) is 43.0 Å². The van der Waals surface area contributed by atoms with Gasteiger partial charge >= 0.3 is 0 Å². The third-order valence-electron chi connectivity index (χ3n) is 5.14. The maximum Gasteiger partial charge on any atom is 0.251 e. The SMILES string of the molecule is CS(=O)(=O)N1CCCc2cc(C(=O)NCCc3nnc4n3CCC4)ccc21. The summed E-state index contributed by atoms with van der Waals surface area (Å²) in [6.45, 7) is 1.93. The first kappa shape index (κ1) is 18.0. The minimum atomic E-state index is -3.30. The predicted molar refractivity (Wildman–Crippen MR) is 101 cm³/mol. The number of benzene rings is 1. The zero-order chi connectivity index (χ0) is 19.0. The molecule has 1 aromatic heterocycles. The first-order chi connectivity index (χ1) is 12.9. The van der Waals surface area contributed by atoms with Gasteiger partial charge in [0.15, 0.2) is 0 Å². The van der Waals surface area contributed by atoms with Gasteiger partial charge in [0.1, 0.15) is 11.6 Å². The molecule has 4 rings (SSSR count). The molecule has 1 N–H and O–H groups in total. The minimum absolute atomic E-state index is 0.157. The van der Waals surface area contributed by atoms with Crippen molar-refractivity contribution in [3.8, 4) is 0 Å². The zero-order valence-corrected chi connectivity index (χ0v) is 16.1. The Morgan fingerprint density at radius 1 is 1.19 bits per heavy atom. The van der Waals surface area contributed by atoms with E-state index in [1.54, 1.807) is 18.2 Å². The van der Waals surface area contributed by atoms with Gasteiger partial charge in [0.25, 0.3) is 5.91 Å². The summed E-state index contributed by atoms with van der Waals surface area (Å²) in [5.41, 5.74) is 2.13. The molecule has 2 aromatic rings. The van der Waals surface area contributed by atoms with Crippen LogP contribution in [0.25, 0.3) is 0 Å². The number of nitrogens with zero attached hydrogens (tertiary/aromatic N) is 4. The smallest absolute Gasteiger partial charge is 0.251 e. The largest absolute Gasteiger partial charge is 0.352 e. The third-order valence-corrected chi connectivity index (χ3v) is 6.32. The van der Waals surface area contributed by atoms with E-state index in [-0.39, 0.29) is 5.91 Å². The topological polar surface area (TPSA) is 97.2 Å². The molecule has 1 aromatic carbocycles. The van der Waals surface area contributed by atoms with E-state index in [0.29, 0.717) is 30.8 Å². The molecule has 9 heteroatoms. The fourth-order valence-electron chi connectivity index (χ4n) is 3.83. The van der Waals surface area contributed by atoms with Crippen molar-refractivity contribution in [1.82, 2.24) is 20.1 Å². The molecule has 0 spiro atoms. The summed E-state index contributed by atoms with van der Waals surface area (Å²) >= 11 is 0. The van der Waals surface area contributed by atoms with Gasteiger partial charge in [0.2, 0.25) is 10.0 Å². The van der Waals surface area contributed by atoms with Crippen molar-refractivity contribution in [3.63, 3.8) is 0 Å². The van der Waals surface area contributed by atoms with Crippen LogP contribution in [0.3, 0.4) is 0 Å². The third kappa shape index (κ3) is 3.55. The summed E-state index contributed by atoms with van der Waals surface area (Å²) in [6.07, 6.45) is 5.45. The molecule has 0 atom stereocenters. The van der Waals surface area contributed by atoms with Crippen LogP contribution in [-0.2, 0) is 35.8 Å². The molecule has 0 radical (unpaired) electrons. The number of amides is 1. The number of nitrogens with one attached hydrogen (secondary N) is 1. The second kappa shape index (κ2) is 6.95. The Morgan fingerprint density at radius 3 is 2.81 bits per heavy atom. The van der Waals surface area contributed by atoms with Crippen LogP contribution in [0.1, 0.15) is 40.4 Å². The molecular weight excluding hydrogens is 366 g/mol. The molecule has 0 fully saturated rings. The van der Waals surface area contributed by atoms with Crippen LogP contribution >= 0.6 is 0 Å². The van der Waals surface area contributed by atoms with Gasteiger partial charge < -0.3 is 9.88 Å². The average Bonchev–Trinajstić information content (AvgIpc) is 3.24. The van der Waals surface area contributed by atoms with E-state index in [9.17, 15) is 13.2 Å². The van der Waals surface area contributed by atoms with Crippen LogP contribution in [0, 0.1) is 0 Å². The van der Waals surface area contributed by atoms with Crippen molar-refractivity contribution in [2.75, 3.05) is 23.7 Å². The summed E-state index contributed by atoms with van der Waals surface area (Å²) in [5.74, 6) is 1.79. The van der Waals surface area contributed by atoms with Crippen LogP contribution in [0.4, 0.5) is 5.69 Å². The Morgan fingerprint density at radius 2 is 2.00 bits per heavy atom. The van der Waals surface area contributed by atoms with Crippen LogP contribution in [0.2, 0.25) is 0 Å². The summed E-state index contributed by atoms with van der Waals surface area (Å²) in [5, 5.41) is 11.3. The van der Waals surface area contributed by atoms with Crippen molar-refractivity contribution in [2.24, 2.45) is 0 Å². The first-order valence-electron chi connectivity index (χ1n) is 9.23. The highest BCUT2D eigenvalue weighted by atomic mass is 32.2. The van der Waals surface area contributed by atoms with E-state index in [4.69, 9.17) is 0 Å². The molecule has 3 heterocycles. The number of carbonyl (C=O) groups excluding carboxylic acids is 1. The van der Waals surface area contributed by atoms with Crippen molar-refractivity contribution >= 4 is 21.6 Å². The lowest BCUT2D eigenvalue weighted by molar-refractivity contribution is 0.0954. The summed E-state index contributed by atoms with van der Waals surface area (Å²) in [7, 11) is -3.30. The van der Waals surface area contributed by atoms with Gasteiger partial charge in [-0.25, -0.2) is 8.42 Å². The fourth-order valence-corrected chi connectivity index (χ4v) is 4.83. The van der Waals surface area contributed by atoms with E-state index in [1.165, 1.54) is 10.6 Å². The van der Waals surface area contributed by atoms with E-state index < -0.39 is 10.0 Å². The molecule has 0 unspecified atom stereocenters. The number of aromatic nitrogens is 3. The Hall–Kier alpha value is -2.42. The van der Waals surface area contributed by atoms with E-state index >= 15 is 0 Å². The summed E-state index contributed by atoms with van der Waals surface area (Å²) in [4.78, 5) is 12.5. The lowest BCUT2D eigenvalue weighted by Crippen LogP contribution is -2.35. The molecule has 0 saturated carbocycles.